The molecule has 28 heavy (non-hydrogen) atoms. The third-order valence-electron chi connectivity index (χ3n) is 4.09. The lowest BCUT2D eigenvalue weighted by molar-refractivity contribution is -0.121. The van der Waals surface area contributed by atoms with Gasteiger partial charge in [0.1, 0.15) is 6.54 Å². The van der Waals surface area contributed by atoms with Crippen LogP contribution in [-0.2, 0) is 25.4 Å². The van der Waals surface area contributed by atoms with Crippen molar-refractivity contribution in [2.24, 2.45) is 19.2 Å². The Hall–Kier alpha value is -4.02. The van der Waals surface area contributed by atoms with Crippen molar-refractivity contribution in [3.63, 3.8) is 0 Å². The predicted molar refractivity (Wildman–Crippen MR) is 99.4 cm³/mol. The Morgan fingerprint density at radius 2 is 1.86 bits per heavy atom. The highest BCUT2D eigenvalue weighted by Gasteiger charge is 2.15. The summed E-state index contributed by atoms with van der Waals surface area (Å²) in [6.45, 7) is -0.223. The van der Waals surface area contributed by atoms with E-state index in [1.807, 2.05) is 0 Å². The molecule has 0 aliphatic heterocycles. The lowest BCUT2D eigenvalue weighted by atomic mass is 10.1. The zero-order chi connectivity index (χ0) is 20.4. The number of benzene rings is 1. The summed E-state index contributed by atoms with van der Waals surface area (Å²) >= 11 is 0. The summed E-state index contributed by atoms with van der Waals surface area (Å²) in [4.78, 5) is 51.2. The lowest BCUT2D eigenvalue weighted by Gasteiger charge is -2.06. The summed E-state index contributed by atoms with van der Waals surface area (Å²) < 4.78 is 3.51. The van der Waals surface area contributed by atoms with Crippen molar-refractivity contribution >= 4 is 29.3 Å². The van der Waals surface area contributed by atoms with Crippen LogP contribution in [0, 0.1) is 0 Å². The molecule has 3 aromatic rings. The highest BCUT2D eigenvalue weighted by molar-refractivity contribution is 5.89. The number of hydrazone groups is 1. The van der Waals surface area contributed by atoms with Crippen LogP contribution in [0.15, 0.2) is 45.3 Å². The fourth-order valence-electron chi connectivity index (χ4n) is 2.60. The van der Waals surface area contributed by atoms with Gasteiger partial charge in [0.2, 0.25) is 0 Å². The second kappa shape index (κ2) is 7.31. The van der Waals surface area contributed by atoms with E-state index in [0.717, 1.165) is 4.57 Å². The second-order valence-electron chi connectivity index (χ2n) is 5.97. The van der Waals surface area contributed by atoms with E-state index in [0.29, 0.717) is 5.56 Å². The maximum atomic E-state index is 12.3. The molecule has 144 valence electrons. The summed E-state index contributed by atoms with van der Waals surface area (Å²) in [5.41, 5.74) is 2.32. The summed E-state index contributed by atoms with van der Waals surface area (Å²) in [6, 6.07) is 5.94. The zero-order valence-electron chi connectivity index (χ0n) is 15.0. The minimum Gasteiger partial charge on any atom is -0.478 e. The summed E-state index contributed by atoms with van der Waals surface area (Å²) in [5, 5.41) is 12.7. The van der Waals surface area contributed by atoms with Crippen molar-refractivity contribution < 1.29 is 14.7 Å². The van der Waals surface area contributed by atoms with Gasteiger partial charge in [0.05, 0.1) is 18.1 Å². The molecule has 1 amide bonds. The Labute approximate surface area is 157 Å². The minimum absolute atomic E-state index is 0.132. The molecule has 0 aliphatic rings. The molecule has 11 nitrogen and oxygen atoms in total. The van der Waals surface area contributed by atoms with Crippen molar-refractivity contribution in [1.29, 1.82) is 0 Å². The predicted octanol–water partition coefficient (Wildman–Crippen LogP) is -0.718. The summed E-state index contributed by atoms with van der Waals surface area (Å²) in [5.74, 6) is -1.54. The second-order valence-corrected chi connectivity index (χ2v) is 5.97. The number of carbonyl (C=O) groups is 2. The van der Waals surface area contributed by atoms with Crippen molar-refractivity contribution in [3.05, 3.63) is 62.6 Å². The van der Waals surface area contributed by atoms with Gasteiger partial charge in [0.25, 0.3) is 11.5 Å². The van der Waals surface area contributed by atoms with Crippen LogP contribution < -0.4 is 16.7 Å². The largest absolute Gasteiger partial charge is 0.478 e. The topological polar surface area (TPSA) is 141 Å². The smallest absolute Gasteiger partial charge is 0.335 e. The average Bonchev–Trinajstić information content (AvgIpc) is 3.08. The Morgan fingerprint density at radius 1 is 1.18 bits per heavy atom. The number of aryl methyl sites for hydroxylation is 1. The number of imidazole rings is 1. The molecule has 0 spiro atoms. The fraction of sp³-hybridized carbons (Fsp3) is 0.176. The molecule has 11 heteroatoms. The van der Waals surface area contributed by atoms with Crippen LogP contribution in [0.2, 0.25) is 0 Å². The number of hydrogen-bond acceptors (Lipinski definition) is 6. The lowest BCUT2D eigenvalue weighted by Crippen LogP contribution is -2.38. The quantitative estimate of drug-likeness (QED) is 0.439. The van der Waals surface area contributed by atoms with E-state index in [4.69, 9.17) is 5.11 Å². The van der Waals surface area contributed by atoms with E-state index in [1.165, 1.54) is 47.9 Å². The van der Waals surface area contributed by atoms with Crippen molar-refractivity contribution in [3.8, 4) is 0 Å². The third kappa shape index (κ3) is 3.45. The van der Waals surface area contributed by atoms with E-state index in [2.05, 4.69) is 15.5 Å². The highest BCUT2D eigenvalue weighted by atomic mass is 16.4. The SMILES string of the molecule is Cn1c(=O)c2c(ncn2CC(=O)NN=Cc2ccc(C(=O)O)cc2)n(C)c1=O. The Kier molecular flexibility index (Phi) is 4.90. The molecule has 0 atom stereocenters. The molecule has 2 aromatic heterocycles. The van der Waals surface area contributed by atoms with Gasteiger partial charge in [-0.25, -0.2) is 20.0 Å². The number of nitrogens with zero attached hydrogens (tertiary/aromatic N) is 5. The molecular formula is C17H16N6O5. The normalized spacial score (nSPS) is 11.2. The molecule has 0 fully saturated rings. The standard InChI is InChI=1S/C17H16N6O5/c1-21-14-13(15(25)22(2)17(21)28)23(9-18-14)8-12(24)20-19-7-10-3-5-11(6-4-10)16(26)27/h3-7,9H,8H2,1-2H3,(H,20,24)(H,26,27). The minimum atomic E-state index is -1.03. The van der Waals surface area contributed by atoms with Gasteiger partial charge in [-0.15, -0.1) is 0 Å². The van der Waals surface area contributed by atoms with Crippen LogP contribution in [0.1, 0.15) is 15.9 Å². The number of hydrogen-bond donors (Lipinski definition) is 2. The number of aromatic nitrogens is 4. The Balaban J connectivity index is 1.74. The maximum Gasteiger partial charge on any atom is 0.335 e. The first-order chi connectivity index (χ1) is 13.3. The van der Waals surface area contributed by atoms with Gasteiger partial charge in [0.15, 0.2) is 11.2 Å². The highest BCUT2D eigenvalue weighted by Crippen LogP contribution is 2.05. The van der Waals surface area contributed by atoms with Gasteiger partial charge >= 0.3 is 11.7 Å². The van der Waals surface area contributed by atoms with Crippen LogP contribution in [0.4, 0.5) is 0 Å². The number of carboxylic acids is 1. The first-order valence-electron chi connectivity index (χ1n) is 8.05. The van der Waals surface area contributed by atoms with Crippen LogP contribution in [0.5, 0.6) is 0 Å². The monoisotopic (exact) mass is 384 g/mol. The number of rotatable bonds is 5. The summed E-state index contributed by atoms with van der Waals surface area (Å²) in [7, 11) is 2.84. The zero-order valence-corrected chi connectivity index (χ0v) is 15.0. The van der Waals surface area contributed by atoms with E-state index >= 15 is 0 Å². The molecule has 2 N–H and O–H groups in total. The van der Waals surface area contributed by atoms with Crippen LogP contribution >= 0.6 is 0 Å². The molecule has 0 aliphatic carbocycles. The molecule has 0 saturated heterocycles. The molecular weight excluding hydrogens is 368 g/mol. The Bertz CT molecular complexity index is 1220. The maximum absolute atomic E-state index is 12.3. The van der Waals surface area contributed by atoms with E-state index in [-0.39, 0.29) is 23.3 Å². The molecule has 1 aromatic carbocycles. The number of fused-ring (bicyclic) bond motifs is 1. The molecule has 3 rings (SSSR count). The average molecular weight is 384 g/mol. The van der Waals surface area contributed by atoms with Crippen molar-refractivity contribution in [2.75, 3.05) is 0 Å². The summed E-state index contributed by atoms with van der Waals surface area (Å²) in [6.07, 6.45) is 2.66. The number of aromatic carboxylic acids is 1. The third-order valence-corrected chi connectivity index (χ3v) is 4.09. The number of amides is 1. The molecule has 0 bridgehead atoms. The molecule has 0 saturated carbocycles. The van der Waals surface area contributed by atoms with Crippen molar-refractivity contribution in [1.82, 2.24) is 24.1 Å². The first-order valence-corrected chi connectivity index (χ1v) is 8.05. The van der Waals surface area contributed by atoms with E-state index in [1.54, 1.807) is 12.1 Å². The molecule has 0 unspecified atom stereocenters. The number of carbonyl (C=O) groups excluding carboxylic acids is 1. The van der Waals surface area contributed by atoms with Crippen LogP contribution in [0.3, 0.4) is 0 Å². The van der Waals surface area contributed by atoms with Crippen molar-refractivity contribution in [2.45, 2.75) is 6.54 Å². The van der Waals surface area contributed by atoms with Gasteiger partial charge < -0.3 is 9.67 Å². The van der Waals surface area contributed by atoms with E-state index in [9.17, 15) is 19.2 Å². The molecule has 0 radical (unpaired) electrons. The van der Waals surface area contributed by atoms with Crippen LogP contribution in [0.25, 0.3) is 11.2 Å². The molecule has 2 heterocycles. The van der Waals surface area contributed by atoms with Gasteiger partial charge in [-0.05, 0) is 17.7 Å². The number of carboxylic acid groups (broad SMARTS) is 1. The van der Waals surface area contributed by atoms with Gasteiger partial charge in [-0.3, -0.25) is 18.7 Å². The van der Waals surface area contributed by atoms with E-state index < -0.39 is 23.1 Å². The first kappa shape index (κ1) is 18.8. The van der Waals surface area contributed by atoms with Crippen LogP contribution in [-0.4, -0.2) is 41.9 Å². The fourth-order valence-corrected chi connectivity index (χ4v) is 2.60. The number of nitrogens with one attached hydrogen (secondary N) is 1. The Morgan fingerprint density at radius 3 is 2.50 bits per heavy atom. The van der Waals surface area contributed by atoms with Gasteiger partial charge in [0, 0.05) is 14.1 Å². The van der Waals surface area contributed by atoms with Gasteiger partial charge in [-0.2, -0.15) is 5.10 Å². The van der Waals surface area contributed by atoms with Gasteiger partial charge in [-0.1, -0.05) is 12.1 Å².